The Bertz CT molecular complexity index is 1950. The van der Waals surface area contributed by atoms with E-state index >= 15 is 0 Å². The molecule has 1 saturated carbocycles. The molecule has 0 unspecified atom stereocenters. The van der Waals surface area contributed by atoms with E-state index in [0.717, 1.165) is 80.6 Å². The normalized spacial score (nSPS) is 20.7. The number of imidazole rings is 1. The highest BCUT2D eigenvalue weighted by Crippen LogP contribution is 2.37. The Kier molecular flexibility index (Phi) is 10.3. The lowest BCUT2D eigenvalue weighted by molar-refractivity contribution is -0.137. The maximum Gasteiger partial charge on any atom is 0.416 e. The number of benzene rings is 2. The molecule has 52 heavy (non-hydrogen) atoms. The van der Waals surface area contributed by atoms with Crippen molar-refractivity contribution < 1.29 is 32.7 Å². The fourth-order valence-electron chi connectivity index (χ4n) is 7.49. The first-order valence-electron chi connectivity index (χ1n) is 17.6. The van der Waals surface area contributed by atoms with Gasteiger partial charge >= 0.3 is 12.2 Å². The number of hydrogen-bond acceptors (Lipinski definition) is 8. The van der Waals surface area contributed by atoms with Crippen LogP contribution in [0.4, 0.5) is 29.6 Å². The first kappa shape index (κ1) is 35.5. The van der Waals surface area contributed by atoms with Crippen LogP contribution in [0.5, 0.6) is 0 Å². The zero-order valence-electron chi connectivity index (χ0n) is 28.6. The van der Waals surface area contributed by atoms with Crippen molar-refractivity contribution in [2.75, 3.05) is 49.5 Å². The molecule has 274 valence electrons. The number of nitrogens with zero attached hydrogens (tertiary/aromatic N) is 6. The highest BCUT2D eigenvalue weighted by molar-refractivity contribution is 6.06. The molecule has 4 aromatic rings. The number of amides is 4. The molecule has 2 aromatic heterocycles. The van der Waals surface area contributed by atoms with Gasteiger partial charge in [-0.05, 0) is 79.1 Å². The van der Waals surface area contributed by atoms with Gasteiger partial charge in [-0.1, -0.05) is 12.1 Å². The van der Waals surface area contributed by atoms with Crippen molar-refractivity contribution in [1.82, 2.24) is 29.7 Å². The summed E-state index contributed by atoms with van der Waals surface area (Å²) >= 11 is 0. The number of piperazine rings is 1. The van der Waals surface area contributed by atoms with E-state index in [-0.39, 0.29) is 36.5 Å². The van der Waals surface area contributed by atoms with Gasteiger partial charge in [-0.25, -0.2) is 9.78 Å². The van der Waals surface area contributed by atoms with E-state index in [2.05, 4.69) is 31.5 Å². The van der Waals surface area contributed by atoms with Crippen LogP contribution in [0.25, 0.3) is 11.0 Å². The lowest BCUT2D eigenvalue weighted by atomic mass is 9.86. The summed E-state index contributed by atoms with van der Waals surface area (Å²) in [6.07, 6.45) is 2.25. The summed E-state index contributed by atoms with van der Waals surface area (Å²) < 4.78 is 42.1. The van der Waals surface area contributed by atoms with E-state index in [1.165, 1.54) is 12.1 Å². The number of aliphatic hydroxyl groups excluding tert-OH is 1. The molecular weight excluding hydrogens is 677 g/mol. The quantitative estimate of drug-likeness (QED) is 0.215. The Morgan fingerprint density at radius 3 is 2.40 bits per heavy atom. The number of carbonyl (C=O) groups excluding carboxylic acids is 3. The molecule has 0 atom stereocenters. The van der Waals surface area contributed by atoms with Gasteiger partial charge in [-0.15, -0.1) is 0 Å². The van der Waals surface area contributed by atoms with Gasteiger partial charge in [0.25, 0.3) is 5.91 Å². The van der Waals surface area contributed by atoms with Gasteiger partial charge in [-0.3, -0.25) is 39.9 Å². The molecule has 1 aliphatic carbocycles. The van der Waals surface area contributed by atoms with Crippen LogP contribution in [0.1, 0.15) is 65.2 Å². The Morgan fingerprint density at radius 2 is 1.69 bits per heavy atom. The lowest BCUT2D eigenvalue weighted by Gasteiger charge is -2.35. The minimum Gasteiger partial charge on any atom is -0.396 e. The number of nitrogens with one attached hydrogen (secondary N) is 2. The second kappa shape index (κ2) is 15.0. The molecule has 2 saturated heterocycles. The van der Waals surface area contributed by atoms with Gasteiger partial charge < -0.3 is 9.67 Å². The predicted molar refractivity (Wildman–Crippen MR) is 188 cm³/mol. The van der Waals surface area contributed by atoms with Gasteiger partial charge in [0.1, 0.15) is 0 Å². The Hall–Kier alpha value is -4.86. The molecule has 12 nitrogen and oxygen atoms in total. The van der Waals surface area contributed by atoms with Gasteiger partial charge in [-0.2, -0.15) is 13.2 Å². The summed E-state index contributed by atoms with van der Waals surface area (Å²) in [5.74, 6) is -0.438. The molecule has 0 radical (unpaired) electrons. The highest BCUT2D eigenvalue weighted by atomic mass is 19.4. The fraction of sp³-hybridized carbons (Fsp3) is 0.432. The van der Waals surface area contributed by atoms with E-state index in [9.17, 15) is 32.7 Å². The first-order valence-corrected chi connectivity index (χ1v) is 17.6. The van der Waals surface area contributed by atoms with Crippen LogP contribution in [-0.4, -0.2) is 86.6 Å². The minimum atomic E-state index is -4.57. The van der Waals surface area contributed by atoms with Crippen LogP contribution < -0.4 is 15.5 Å². The summed E-state index contributed by atoms with van der Waals surface area (Å²) in [6.45, 7) is 5.02. The SMILES string of the molecule is O=C1CCN(c2cnccc2CN2CCN(Cc3ccc4c(c3)nc(NC(=O)c3cccc(C(F)(F)F)c3)n4C3CCC(CO)CC3)CC2)C(=O)N1. The van der Waals surface area contributed by atoms with Crippen molar-refractivity contribution >= 4 is 40.5 Å². The Balaban J connectivity index is 1.04. The topological polar surface area (TPSA) is 136 Å². The van der Waals surface area contributed by atoms with Crippen molar-refractivity contribution in [1.29, 1.82) is 0 Å². The number of hydrogen-bond donors (Lipinski definition) is 3. The second-order valence-electron chi connectivity index (χ2n) is 13.8. The molecule has 15 heteroatoms. The number of alkyl halides is 3. The number of fused-ring (bicyclic) bond motifs is 1. The van der Waals surface area contributed by atoms with Gasteiger partial charge in [0.15, 0.2) is 0 Å². The fourth-order valence-corrected chi connectivity index (χ4v) is 7.49. The molecule has 2 aromatic carbocycles. The monoisotopic (exact) mass is 718 g/mol. The first-order chi connectivity index (χ1) is 25.1. The van der Waals surface area contributed by atoms with Crippen molar-refractivity contribution in [2.24, 2.45) is 5.92 Å². The third-order valence-electron chi connectivity index (χ3n) is 10.4. The molecule has 7 rings (SSSR count). The van der Waals surface area contributed by atoms with Crippen molar-refractivity contribution in [3.05, 3.63) is 83.2 Å². The minimum absolute atomic E-state index is 0.0104. The van der Waals surface area contributed by atoms with Gasteiger partial charge in [0.2, 0.25) is 11.9 Å². The number of rotatable bonds is 9. The van der Waals surface area contributed by atoms with Crippen LogP contribution >= 0.6 is 0 Å². The summed E-state index contributed by atoms with van der Waals surface area (Å²) in [5, 5.41) is 14.9. The Morgan fingerprint density at radius 1 is 0.942 bits per heavy atom. The standard InChI is InChI=1S/C37H41F3N8O4/c38-37(39,40)28-3-1-2-26(19-28)34(51)44-35-42-30-18-25(6-9-31(30)48(35)29-7-4-24(23-49)5-8-29)21-45-14-16-46(17-15-45)22-27-10-12-41-20-32(27)47-13-11-33(50)43-36(47)52/h1-3,6,9-10,12,18-20,24,29,49H,4-5,7-8,11,13-17,21-23H2,(H,42,44,51)(H,43,50,52). The van der Waals surface area contributed by atoms with E-state index in [0.29, 0.717) is 36.8 Å². The number of imide groups is 1. The largest absolute Gasteiger partial charge is 0.416 e. The van der Waals surface area contributed by atoms with Crippen LogP contribution in [0.3, 0.4) is 0 Å². The number of urea groups is 1. The Labute approximate surface area is 298 Å². The number of anilines is 2. The summed E-state index contributed by atoms with van der Waals surface area (Å²) in [7, 11) is 0. The van der Waals surface area contributed by atoms with Crippen molar-refractivity contribution in [3.63, 3.8) is 0 Å². The predicted octanol–water partition coefficient (Wildman–Crippen LogP) is 5.19. The molecule has 0 spiro atoms. The van der Waals surface area contributed by atoms with Crippen molar-refractivity contribution in [3.8, 4) is 0 Å². The summed E-state index contributed by atoms with van der Waals surface area (Å²) in [6, 6.07) is 11.9. The molecule has 2 aliphatic heterocycles. The van der Waals surface area contributed by atoms with Gasteiger partial charge in [0, 0.05) is 76.6 Å². The molecular formula is C37H41F3N8O4. The molecule has 3 aliphatic rings. The average molecular weight is 719 g/mol. The summed E-state index contributed by atoms with van der Waals surface area (Å²) in [5.41, 5.74) is 3.24. The highest BCUT2D eigenvalue weighted by Gasteiger charge is 2.32. The lowest BCUT2D eigenvalue weighted by Crippen LogP contribution is -2.50. The zero-order chi connectivity index (χ0) is 36.4. The second-order valence-corrected chi connectivity index (χ2v) is 13.8. The van der Waals surface area contributed by atoms with Crippen LogP contribution in [0.15, 0.2) is 60.9 Å². The number of halogens is 3. The molecule has 3 N–H and O–H groups in total. The van der Waals surface area contributed by atoms with Crippen LogP contribution in [-0.2, 0) is 24.1 Å². The van der Waals surface area contributed by atoms with Gasteiger partial charge in [0.05, 0.1) is 28.5 Å². The van der Waals surface area contributed by atoms with E-state index in [4.69, 9.17) is 4.98 Å². The number of aliphatic hydroxyl groups is 1. The smallest absolute Gasteiger partial charge is 0.396 e. The van der Waals surface area contributed by atoms with Crippen LogP contribution in [0, 0.1) is 5.92 Å². The van der Waals surface area contributed by atoms with E-state index < -0.39 is 23.7 Å². The molecule has 0 bridgehead atoms. The molecule has 4 amide bonds. The van der Waals surface area contributed by atoms with E-state index in [1.54, 1.807) is 17.3 Å². The maximum atomic E-state index is 13.4. The van der Waals surface area contributed by atoms with E-state index in [1.807, 2.05) is 22.8 Å². The number of aromatic nitrogens is 3. The molecule has 4 heterocycles. The average Bonchev–Trinajstić information content (AvgIpc) is 3.49. The zero-order valence-corrected chi connectivity index (χ0v) is 28.6. The molecule has 3 fully saturated rings. The summed E-state index contributed by atoms with van der Waals surface area (Å²) in [4.78, 5) is 52.7. The number of carbonyl (C=O) groups is 3. The number of pyridine rings is 1. The van der Waals surface area contributed by atoms with Crippen molar-refractivity contribution in [2.45, 2.75) is 57.4 Å². The van der Waals surface area contributed by atoms with Crippen LogP contribution in [0.2, 0.25) is 0 Å². The maximum absolute atomic E-state index is 13.4. The third kappa shape index (κ3) is 7.81. The third-order valence-corrected chi connectivity index (χ3v) is 10.4.